The van der Waals surface area contributed by atoms with Crippen molar-refractivity contribution >= 4 is 0 Å². The molecule has 0 aromatic carbocycles. The van der Waals surface area contributed by atoms with Crippen molar-refractivity contribution in [3.05, 3.63) is 0 Å². The standard InChI is InChI=1S/C10H21NO/c1-8(7-11-3)6-10-5-4-9(2)12-10/h8-11H,4-7H2,1-3H3. The summed E-state index contributed by atoms with van der Waals surface area (Å²) < 4.78 is 5.75. The Morgan fingerprint density at radius 3 is 2.75 bits per heavy atom. The largest absolute Gasteiger partial charge is 0.375 e. The summed E-state index contributed by atoms with van der Waals surface area (Å²) in [6.07, 6.45) is 4.75. The molecule has 0 aliphatic carbocycles. The second kappa shape index (κ2) is 4.83. The fraction of sp³-hybridized carbons (Fsp3) is 1.00. The minimum atomic E-state index is 0.497. The lowest BCUT2D eigenvalue weighted by Gasteiger charge is -2.16. The van der Waals surface area contributed by atoms with E-state index in [-0.39, 0.29) is 0 Å². The van der Waals surface area contributed by atoms with Crippen LogP contribution >= 0.6 is 0 Å². The molecule has 0 spiro atoms. The first kappa shape index (κ1) is 10.0. The van der Waals surface area contributed by atoms with Crippen molar-refractivity contribution in [2.45, 2.75) is 45.3 Å². The fourth-order valence-corrected chi connectivity index (χ4v) is 1.94. The summed E-state index contributed by atoms with van der Waals surface area (Å²) in [5, 5.41) is 3.20. The summed E-state index contributed by atoms with van der Waals surface area (Å²) in [7, 11) is 2.01. The lowest BCUT2D eigenvalue weighted by Crippen LogP contribution is -2.21. The van der Waals surface area contributed by atoms with Crippen LogP contribution in [-0.2, 0) is 4.74 Å². The summed E-state index contributed by atoms with van der Waals surface area (Å²) in [6, 6.07) is 0. The molecule has 3 unspecified atom stereocenters. The Morgan fingerprint density at radius 1 is 1.50 bits per heavy atom. The average Bonchev–Trinajstić information content (AvgIpc) is 2.36. The van der Waals surface area contributed by atoms with Crippen molar-refractivity contribution in [1.82, 2.24) is 5.32 Å². The van der Waals surface area contributed by atoms with Crippen LogP contribution in [0.5, 0.6) is 0 Å². The Balaban J connectivity index is 2.14. The van der Waals surface area contributed by atoms with Gasteiger partial charge in [0.25, 0.3) is 0 Å². The van der Waals surface area contributed by atoms with Gasteiger partial charge in [-0.3, -0.25) is 0 Å². The molecule has 72 valence electrons. The minimum absolute atomic E-state index is 0.497. The quantitative estimate of drug-likeness (QED) is 0.696. The molecule has 1 N–H and O–H groups in total. The first-order valence-corrected chi connectivity index (χ1v) is 5.02. The molecule has 1 heterocycles. The summed E-state index contributed by atoms with van der Waals surface area (Å²) in [4.78, 5) is 0. The van der Waals surface area contributed by atoms with Crippen molar-refractivity contribution < 1.29 is 4.74 Å². The highest BCUT2D eigenvalue weighted by molar-refractivity contribution is 4.73. The third kappa shape index (κ3) is 3.11. The minimum Gasteiger partial charge on any atom is -0.375 e. The van der Waals surface area contributed by atoms with Crippen LogP contribution in [0, 0.1) is 5.92 Å². The zero-order chi connectivity index (χ0) is 8.97. The van der Waals surface area contributed by atoms with Crippen LogP contribution in [0.15, 0.2) is 0 Å². The molecule has 0 radical (unpaired) electrons. The highest BCUT2D eigenvalue weighted by atomic mass is 16.5. The maximum atomic E-state index is 5.75. The molecule has 0 saturated carbocycles. The van der Waals surface area contributed by atoms with Crippen LogP contribution in [0.25, 0.3) is 0 Å². The number of hydrogen-bond acceptors (Lipinski definition) is 2. The van der Waals surface area contributed by atoms with E-state index in [2.05, 4.69) is 19.2 Å². The molecule has 2 nitrogen and oxygen atoms in total. The van der Waals surface area contributed by atoms with Gasteiger partial charge in [0, 0.05) is 0 Å². The Morgan fingerprint density at radius 2 is 2.25 bits per heavy atom. The van der Waals surface area contributed by atoms with Crippen molar-refractivity contribution in [1.29, 1.82) is 0 Å². The Hall–Kier alpha value is -0.0800. The van der Waals surface area contributed by atoms with Crippen LogP contribution in [0.2, 0.25) is 0 Å². The van der Waals surface area contributed by atoms with Crippen LogP contribution in [0.3, 0.4) is 0 Å². The lowest BCUT2D eigenvalue weighted by molar-refractivity contribution is 0.0425. The predicted octanol–water partition coefficient (Wildman–Crippen LogP) is 1.80. The third-order valence-electron chi connectivity index (χ3n) is 2.54. The van der Waals surface area contributed by atoms with Gasteiger partial charge in [0.05, 0.1) is 12.2 Å². The van der Waals surface area contributed by atoms with Crippen molar-refractivity contribution in [2.24, 2.45) is 5.92 Å². The first-order valence-electron chi connectivity index (χ1n) is 5.02. The zero-order valence-electron chi connectivity index (χ0n) is 8.47. The molecular formula is C10H21NO. The van der Waals surface area contributed by atoms with Gasteiger partial charge in [0.2, 0.25) is 0 Å². The maximum absolute atomic E-state index is 5.75. The topological polar surface area (TPSA) is 21.3 Å². The average molecular weight is 171 g/mol. The van der Waals surface area contributed by atoms with Gasteiger partial charge >= 0.3 is 0 Å². The SMILES string of the molecule is CNCC(C)CC1CCC(C)O1. The van der Waals surface area contributed by atoms with E-state index in [9.17, 15) is 0 Å². The number of nitrogens with one attached hydrogen (secondary N) is 1. The van der Waals surface area contributed by atoms with Crippen LogP contribution in [-0.4, -0.2) is 25.8 Å². The van der Waals surface area contributed by atoms with Crippen LogP contribution < -0.4 is 5.32 Å². The van der Waals surface area contributed by atoms with Crippen LogP contribution in [0.1, 0.15) is 33.1 Å². The van der Waals surface area contributed by atoms with E-state index in [1.165, 1.54) is 19.3 Å². The van der Waals surface area contributed by atoms with Gasteiger partial charge in [-0.25, -0.2) is 0 Å². The van der Waals surface area contributed by atoms with Crippen molar-refractivity contribution in [3.63, 3.8) is 0 Å². The Labute approximate surface area is 75.7 Å². The molecule has 12 heavy (non-hydrogen) atoms. The summed E-state index contributed by atoms with van der Waals surface area (Å²) in [5.41, 5.74) is 0. The monoisotopic (exact) mass is 171 g/mol. The second-order valence-corrected chi connectivity index (χ2v) is 4.04. The molecule has 1 fully saturated rings. The van der Waals surface area contributed by atoms with E-state index in [1.54, 1.807) is 0 Å². The number of rotatable bonds is 4. The van der Waals surface area contributed by atoms with Gasteiger partial charge < -0.3 is 10.1 Å². The van der Waals surface area contributed by atoms with E-state index in [0.717, 1.165) is 12.5 Å². The third-order valence-corrected chi connectivity index (χ3v) is 2.54. The molecule has 0 bridgehead atoms. The molecule has 0 amide bonds. The van der Waals surface area contributed by atoms with E-state index in [4.69, 9.17) is 4.74 Å². The Bertz CT molecular complexity index is 127. The van der Waals surface area contributed by atoms with Crippen LogP contribution in [0.4, 0.5) is 0 Å². The number of ether oxygens (including phenoxy) is 1. The predicted molar refractivity (Wildman–Crippen MR) is 51.3 cm³/mol. The summed E-state index contributed by atoms with van der Waals surface area (Å²) in [6.45, 7) is 5.56. The molecule has 1 aliphatic rings. The molecule has 0 aromatic heterocycles. The zero-order valence-corrected chi connectivity index (χ0v) is 8.47. The fourth-order valence-electron chi connectivity index (χ4n) is 1.94. The summed E-state index contributed by atoms with van der Waals surface area (Å²) >= 11 is 0. The lowest BCUT2D eigenvalue weighted by atomic mass is 10.0. The highest BCUT2D eigenvalue weighted by Crippen LogP contribution is 2.24. The molecule has 1 aliphatic heterocycles. The summed E-state index contributed by atoms with van der Waals surface area (Å²) in [5.74, 6) is 0.741. The second-order valence-electron chi connectivity index (χ2n) is 4.04. The molecule has 1 rings (SSSR count). The van der Waals surface area contributed by atoms with E-state index in [1.807, 2.05) is 7.05 Å². The molecule has 0 aromatic rings. The smallest absolute Gasteiger partial charge is 0.0582 e. The van der Waals surface area contributed by atoms with Crippen molar-refractivity contribution in [2.75, 3.05) is 13.6 Å². The van der Waals surface area contributed by atoms with Gasteiger partial charge in [0.15, 0.2) is 0 Å². The molecule has 1 saturated heterocycles. The van der Waals surface area contributed by atoms with E-state index < -0.39 is 0 Å². The van der Waals surface area contributed by atoms with Gasteiger partial charge in [-0.2, -0.15) is 0 Å². The normalized spacial score (nSPS) is 32.2. The van der Waals surface area contributed by atoms with Gasteiger partial charge in [-0.1, -0.05) is 6.92 Å². The first-order chi connectivity index (χ1) is 5.72. The van der Waals surface area contributed by atoms with E-state index in [0.29, 0.717) is 12.2 Å². The highest BCUT2D eigenvalue weighted by Gasteiger charge is 2.22. The van der Waals surface area contributed by atoms with E-state index >= 15 is 0 Å². The van der Waals surface area contributed by atoms with Crippen molar-refractivity contribution in [3.8, 4) is 0 Å². The Kier molecular flexibility index (Phi) is 4.02. The van der Waals surface area contributed by atoms with Gasteiger partial charge in [-0.15, -0.1) is 0 Å². The molecular weight excluding hydrogens is 150 g/mol. The van der Waals surface area contributed by atoms with Gasteiger partial charge in [0.1, 0.15) is 0 Å². The molecule has 2 heteroatoms. The molecule has 3 atom stereocenters. The number of hydrogen-bond donors (Lipinski definition) is 1. The maximum Gasteiger partial charge on any atom is 0.0582 e. The van der Waals surface area contributed by atoms with Gasteiger partial charge in [-0.05, 0) is 45.7 Å².